The monoisotopic (exact) mass is 240 g/mol. The molecular formula is C13H24N2O2. The SMILES string of the molecule is CCCOCC(=O)NC1CC[C@H]2CNC[C@H]2C1. The van der Waals surface area contributed by atoms with Gasteiger partial charge in [-0.3, -0.25) is 4.79 Å². The molecule has 17 heavy (non-hydrogen) atoms. The Morgan fingerprint density at radius 2 is 2.18 bits per heavy atom. The summed E-state index contributed by atoms with van der Waals surface area (Å²) in [6, 6.07) is 0.369. The summed E-state index contributed by atoms with van der Waals surface area (Å²) in [6.07, 6.45) is 4.48. The van der Waals surface area contributed by atoms with E-state index in [1.807, 2.05) is 6.92 Å². The molecule has 0 aromatic rings. The number of fused-ring (bicyclic) bond motifs is 1. The fourth-order valence-electron chi connectivity index (χ4n) is 3.01. The first-order valence-corrected chi connectivity index (χ1v) is 6.87. The molecule has 1 unspecified atom stereocenters. The fourth-order valence-corrected chi connectivity index (χ4v) is 3.01. The molecular weight excluding hydrogens is 216 g/mol. The number of hydrogen-bond donors (Lipinski definition) is 2. The van der Waals surface area contributed by atoms with Gasteiger partial charge in [-0.15, -0.1) is 0 Å². The second-order valence-corrected chi connectivity index (χ2v) is 5.31. The topological polar surface area (TPSA) is 50.4 Å². The van der Waals surface area contributed by atoms with Gasteiger partial charge in [-0.25, -0.2) is 0 Å². The first-order valence-electron chi connectivity index (χ1n) is 6.87. The van der Waals surface area contributed by atoms with E-state index < -0.39 is 0 Å². The van der Waals surface area contributed by atoms with E-state index >= 15 is 0 Å². The summed E-state index contributed by atoms with van der Waals surface area (Å²) in [4.78, 5) is 11.6. The predicted molar refractivity (Wildman–Crippen MR) is 66.7 cm³/mol. The second kappa shape index (κ2) is 6.36. The van der Waals surface area contributed by atoms with Crippen LogP contribution in [0.15, 0.2) is 0 Å². The molecule has 1 saturated heterocycles. The minimum Gasteiger partial charge on any atom is -0.372 e. The Morgan fingerprint density at radius 3 is 3.00 bits per heavy atom. The van der Waals surface area contributed by atoms with Gasteiger partial charge in [0, 0.05) is 12.6 Å². The van der Waals surface area contributed by atoms with Crippen LogP contribution in [-0.4, -0.2) is 38.3 Å². The molecule has 4 nitrogen and oxygen atoms in total. The number of amides is 1. The zero-order chi connectivity index (χ0) is 12.1. The molecule has 1 amide bonds. The van der Waals surface area contributed by atoms with Crippen LogP contribution in [0.1, 0.15) is 32.6 Å². The molecule has 1 saturated carbocycles. The highest BCUT2D eigenvalue weighted by Gasteiger charge is 2.34. The van der Waals surface area contributed by atoms with Crippen molar-refractivity contribution in [2.45, 2.75) is 38.6 Å². The van der Waals surface area contributed by atoms with E-state index in [-0.39, 0.29) is 12.5 Å². The lowest BCUT2D eigenvalue weighted by atomic mass is 9.79. The highest BCUT2D eigenvalue weighted by atomic mass is 16.5. The smallest absolute Gasteiger partial charge is 0.246 e. The molecule has 0 bridgehead atoms. The van der Waals surface area contributed by atoms with E-state index in [1.165, 1.54) is 13.0 Å². The van der Waals surface area contributed by atoms with Gasteiger partial charge in [0.25, 0.3) is 0 Å². The van der Waals surface area contributed by atoms with Crippen LogP contribution < -0.4 is 10.6 Å². The number of ether oxygens (including phenoxy) is 1. The van der Waals surface area contributed by atoms with Crippen molar-refractivity contribution in [3.05, 3.63) is 0 Å². The molecule has 2 aliphatic rings. The number of nitrogens with one attached hydrogen (secondary N) is 2. The third kappa shape index (κ3) is 3.68. The molecule has 1 heterocycles. The van der Waals surface area contributed by atoms with Crippen molar-refractivity contribution in [2.24, 2.45) is 11.8 Å². The molecule has 0 aromatic heterocycles. The van der Waals surface area contributed by atoms with Crippen molar-refractivity contribution in [1.29, 1.82) is 0 Å². The Hall–Kier alpha value is -0.610. The van der Waals surface area contributed by atoms with Gasteiger partial charge < -0.3 is 15.4 Å². The van der Waals surface area contributed by atoms with Crippen molar-refractivity contribution in [1.82, 2.24) is 10.6 Å². The molecule has 4 heteroatoms. The second-order valence-electron chi connectivity index (χ2n) is 5.31. The molecule has 1 aliphatic heterocycles. The van der Waals surface area contributed by atoms with E-state index in [2.05, 4.69) is 10.6 Å². The molecule has 0 spiro atoms. The zero-order valence-electron chi connectivity index (χ0n) is 10.7. The summed E-state index contributed by atoms with van der Waals surface area (Å²) in [5, 5.41) is 6.54. The van der Waals surface area contributed by atoms with Crippen molar-refractivity contribution < 1.29 is 9.53 Å². The minimum absolute atomic E-state index is 0.0489. The molecule has 3 atom stereocenters. The van der Waals surface area contributed by atoms with Gasteiger partial charge in [-0.1, -0.05) is 6.92 Å². The van der Waals surface area contributed by atoms with E-state index in [9.17, 15) is 4.79 Å². The maximum atomic E-state index is 11.6. The average molecular weight is 240 g/mol. The lowest BCUT2D eigenvalue weighted by Gasteiger charge is -2.31. The van der Waals surface area contributed by atoms with Crippen LogP contribution in [0.3, 0.4) is 0 Å². The lowest BCUT2D eigenvalue weighted by molar-refractivity contribution is -0.126. The van der Waals surface area contributed by atoms with Crippen molar-refractivity contribution in [2.75, 3.05) is 26.3 Å². The summed E-state index contributed by atoms with van der Waals surface area (Å²) in [5.41, 5.74) is 0. The van der Waals surface area contributed by atoms with Crippen LogP contribution in [0.5, 0.6) is 0 Å². The molecule has 98 valence electrons. The first-order chi connectivity index (χ1) is 8.29. The summed E-state index contributed by atoms with van der Waals surface area (Å²) in [7, 11) is 0. The van der Waals surface area contributed by atoms with Gasteiger partial charge in [0.1, 0.15) is 6.61 Å². The Balaban J connectivity index is 1.67. The van der Waals surface area contributed by atoms with Crippen molar-refractivity contribution in [3.63, 3.8) is 0 Å². The molecule has 2 N–H and O–H groups in total. The molecule has 1 aliphatic carbocycles. The van der Waals surface area contributed by atoms with E-state index in [0.29, 0.717) is 12.6 Å². The third-order valence-electron chi connectivity index (χ3n) is 3.90. The Morgan fingerprint density at radius 1 is 1.35 bits per heavy atom. The van der Waals surface area contributed by atoms with Gasteiger partial charge in [0.05, 0.1) is 0 Å². The van der Waals surface area contributed by atoms with Gasteiger partial charge in [0.2, 0.25) is 5.91 Å². The Bertz CT molecular complexity index is 258. The lowest BCUT2D eigenvalue weighted by Crippen LogP contribution is -2.42. The van der Waals surface area contributed by atoms with Gasteiger partial charge in [-0.2, -0.15) is 0 Å². The van der Waals surface area contributed by atoms with Gasteiger partial charge in [0.15, 0.2) is 0 Å². The summed E-state index contributed by atoms with van der Waals surface area (Å²) in [6.45, 7) is 5.24. The number of rotatable bonds is 5. The van der Waals surface area contributed by atoms with Crippen molar-refractivity contribution >= 4 is 5.91 Å². The van der Waals surface area contributed by atoms with E-state index in [1.54, 1.807) is 0 Å². The normalized spacial score (nSPS) is 32.2. The predicted octanol–water partition coefficient (Wildman–Crippen LogP) is 0.917. The molecule has 0 radical (unpaired) electrons. The molecule has 2 rings (SSSR count). The van der Waals surface area contributed by atoms with Gasteiger partial charge in [-0.05, 0) is 50.6 Å². The summed E-state index contributed by atoms with van der Waals surface area (Å²) < 4.78 is 5.25. The minimum atomic E-state index is 0.0489. The largest absolute Gasteiger partial charge is 0.372 e. The Labute approximate surface area is 103 Å². The van der Waals surface area contributed by atoms with Crippen LogP contribution in [0.4, 0.5) is 0 Å². The van der Waals surface area contributed by atoms with Crippen LogP contribution in [0.2, 0.25) is 0 Å². The van der Waals surface area contributed by atoms with E-state index in [4.69, 9.17) is 4.74 Å². The highest BCUT2D eigenvalue weighted by Crippen LogP contribution is 2.32. The quantitative estimate of drug-likeness (QED) is 0.703. The number of hydrogen-bond acceptors (Lipinski definition) is 3. The van der Waals surface area contributed by atoms with Crippen LogP contribution in [0.25, 0.3) is 0 Å². The number of carbonyl (C=O) groups excluding carboxylic acids is 1. The van der Waals surface area contributed by atoms with Gasteiger partial charge >= 0.3 is 0 Å². The first kappa shape index (κ1) is 12.8. The molecule has 0 aromatic carbocycles. The van der Waals surface area contributed by atoms with Crippen LogP contribution in [-0.2, 0) is 9.53 Å². The maximum Gasteiger partial charge on any atom is 0.246 e. The third-order valence-corrected chi connectivity index (χ3v) is 3.90. The van der Waals surface area contributed by atoms with Crippen LogP contribution in [0, 0.1) is 11.8 Å². The highest BCUT2D eigenvalue weighted by molar-refractivity contribution is 5.77. The summed E-state index contributed by atoms with van der Waals surface area (Å²) in [5.74, 6) is 1.66. The maximum absolute atomic E-state index is 11.6. The fraction of sp³-hybridized carbons (Fsp3) is 0.923. The van der Waals surface area contributed by atoms with Crippen molar-refractivity contribution in [3.8, 4) is 0 Å². The standard InChI is InChI=1S/C13H24N2O2/c1-2-5-17-9-13(16)15-12-4-3-10-7-14-8-11(10)6-12/h10-12,14H,2-9H2,1H3,(H,15,16)/t10-,11+,12?/m0/s1. The number of carbonyl (C=O) groups is 1. The van der Waals surface area contributed by atoms with Crippen LogP contribution >= 0.6 is 0 Å². The Kier molecular flexibility index (Phi) is 4.80. The van der Waals surface area contributed by atoms with E-state index in [0.717, 1.165) is 37.6 Å². The summed E-state index contributed by atoms with van der Waals surface area (Å²) >= 11 is 0. The molecule has 2 fully saturated rings. The zero-order valence-corrected chi connectivity index (χ0v) is 10.7. The average Bonchev–Trinajstić information content (AvgIpc) is 2.76.